The summed E-state index contributed by atoms with van der Waals surface area (Å²) < 4.78 is 3.36. The van der Waals surface area contributed by atoms with Crippen LogP contribution < -0.4 is 4.90 Å². The van der Waals surface area contributed by atoms with Crippen molar-refractivity contribution in [3.05, 3.63) is 60.6 Å². The molecule has 0 atom stereocenters. The number of nitrogens with zero attached hydrogens (tertiary/aromatic N) is 5. The number of pyridine rings is 1. The monoisotopic (exact) mass is 349 g/mol. The topological polar surface area (TPSA) is 36.7 Å². The number of imidazole rings is 1. The number of piperazine rings is 1. The number of hydrogen-bond acceptors (Lipinski definition) is 5. The van der Waals surface area contributed by atoms with E-state index in [9.17, 15) is 0 Å². The van der Waals surface area contributed by atoms with Gasteiger partial charge in [-0.05, 0) is 24.3 Å². The highest BCUT2D eigenvalue weighted by Crippen LogP contribution is 2.29. The van der Waals surface area contributed by atoms with Crippen LogP contribution in [0.4, 0.5) is 5.13 Å². The van der Waals surface area contributed by atoms with Gasteiger partial charge in [-0.15, -0.1) is 0 Å². The largest absolute Gasteiger partial charge is 0.345 e. The molecule has 0 unspecified atom stereocenters. The highest BCUT2D eigenvalue weighted by atomic mass is 32.1. The van der Waals surface area contributed by atoms with Crippen LogP contribution in [0, 0.1) is 0 Å². The van der Waals surface area contributed by atoms with E-state index < -0.39 is 0 Å². The van der Waals surface area contributed by atoms with E-state index in [1.807, 2.05) is 12.1 Å². The maximum absolute atomic E-state index is 4.78. The molecule has 1 aliphatic rings. The molecule has 0 bridgehead atoms. The fourth-order valence-electron chi connectivity index (χ4n) is 3.39. The van der Waals surface area contributed by atoms with Gasteiger partial charge in [0.1, 0.15) is 5.65 Å². The van der Waals surface area contributed by atoms with Gasteiger partial charge in [-0.25, -0.2) is 9.97 Å². The third kappa shape index (κ3) is 2.88. The third-order valence-electron chi connectivity index (χ3n) is 4.72. The Hall–Kier alpha value is -2.44. The zero-order valence-corrected chi connectivity index (χ0v) is 14.7. The first-order valence-corrected chi connectivity index (χ1v) is 9.42. The van der Waals surface area contributed by atoms with Crippen molar-refractivity contribution >= 4 is 32.3 Å². The summed E-state index contributed by atoms with van der Waals surface area (Å²) in [5, 5.41) is 1.15. The number of para-hydroxylation sites is 1. The molecule has 4 heterocycles. The molecule has 0 amide bonds. The molecule has 0 aliphatic carbocycles. The zero-order chi connectivity index (χ0) is 16.6. The lowest BCUT2D eigenvalue weighted by molar-refractivity contribution is 0.247. The molecule has 4 aromatic rings. The van der Waals surface area contributed by atoms with E-state index in [0.717, 1.165) is 54.7 Å². The van der Waals surface area contributed by atoms with Gasteiger partial charge in [0.05, 0.1) is 15.9 Å². The van der Waals surface area contributed by atoms with Crippen molar-refractivity contribution in [2.24, 2.45) is 0 Å². The Labute approximate surface area is 150 Å². The summed E-state index contributed by atoms with van der Waals surface area (Å²) >= 11 is 1.79. The fraction of sp³-hybridized carbons (Fsp3) is 0.263. The summed E-state index contributed by atoms with van der Waals surface area (Å²) in [5.74, 6) is 0. The molecule has 1 saturated heterocycles. The SMILES string of the molecule is c1ccc2sc(N3CCN(Cc4cn5ccccc5n4)CC3)nc2c1. The average molecular weight is 349 g/mol. The van der Waals surface area contributed by atoms with E-state index in [4.69, 9.17) is 9.97 Å². The van der Waals surface area contributed by atoms with Gasteiger partial charge >= 0.3 is 0 Å². The average Bonchev–Trinajstić information content (AvgIpc) is 3.25. The summed E-state index contributed by atoms with van der Waals surface area (Å²) in [5.41, 5.74) is 3.26. The molecule has 5 rings (SSSR count). The number of anilines is 1. The van der Waals surface area contributed by atoms with E-state index in [1.165, 1.54) is 4.70 Å². The molecule has 3 aromatic heterocycles. The quantitative estimate of drug-likeness (QED) is 0.569. The molecule has 25 heavy (non-hydrogen) atoms. The summed E-state index contributed by atoms with van der Waals surface area (Å²) in [6, 6.07) is 14.5. The molecule has 0 saturated carbocycles. The molecule has 0 spiro atoms. The van der Waals surface area contributed by atoms with Crippen molar-refractivity contribution in [3.8, 4) is 0 Å². The van der Waals surface area contributed by atoms with Gasteiger partial charge in [0.2, 0.25) is 0 Å². The summed E-state index contributed by atoms with van der Waals surface area (Å²) in [7, 11) is 0. The molecule has 0 radical (unpaired) electrons. The number of rotatable bonds is 3. The smallest absolute Gasteiger partial charge is 0.186 e. The molecule has 1 fully saturated rings. The maximum Gasteiger partial charge on any atom is 0.186 e. The van der Waals surface area contributed by atoms with Crippen LogP contribution in [0.3, 0.4) is 0 Å². The Morgan fingerprint density at radius 3 is 2.60 bits per heavy atom. The predicted octanol–water partition coefficient (Wildman–Crippen LogP) is 3.27. The normalized spacial score (nSPS) is 16.1. The zero-order valence-electron chi connectivity index (χ0n) is 13.9. The molecule has 0 N–H and O–H groups in total. The van der Waals surface area contributed by atoms with Crippen LogP contribution in [0.1, 0.15) is 5.69 Å². The van der Waals surface area contributed by atoms with Crippen molar-refractivity contribution in [2.45, 2.75) is 6.54 Å². The lowest BCUT2D eigenvalue weighted by Crippen LogP contribution is -2.46. The summed E-state index contributed by atoms with van der Waals surface area (Å²) in [6.45, 7) is 5.04. The first-order valence-electron chi connectivity index (χ1n) is 8.61. The van der Waals surface area contributed by atoms with Crippen LogP contribution in [0.25, 0.3) is 15.9 Å². The molecular formula is C19H19N5S. The van der Waals surface area contributed by atoms with Crippen molar-refractivity contribution < 1.29 is 0 Å². The van der Waals surface area contributed by atoms with Crippen LogP contribution in [-0.2, 0) is 6.54 Å². The van der Waals surface area contributed by atoms with E-state index in [-0.39, 0.29) is 0 Å². The molecular weight excluding hydrogens is 330 g/mol. The minimum atomic E-state index is 0.912. The summed E-state index contributed by atoms with van der Waals surface area (Å²) in [4.78, 5) is 14.4. The maximum atomic E-state index is 4.78. The molecule has 1 aliphatic heterocycles. The van der Waals surface area contributed by atoms with Gasteiger partial charge in [0.25, 0.3) is 0 Å². The van der Waals surface area contributed by atoms with Crippen LogP contribution >= 0.6 is 11.3 Å². The van der Waals surface area contributed by atoms with Gasteiger partial charge in [0.15, 0.2) is 5.13 Å². The number of thiazole rings is 1. The van der Waals surface area contributed by atoms with Gasteiger partial charge in [0, 0.05) is 45.1 Å². The predicted molar refractivity (Wildman–Crippen MR) is 102 cm³/mol. The van der Waals surface area contributed by atoms with E-state index in [2.05, 4.69) is 56.9 Å². The first kappa shape index (κ1) is 14.9. The number of hydrogen-bond donors (Lipinski definition) is 0. The Morgan fingerprint density at radius 2 is 1.76 bits per heavy atom. The van der Waals surface area contributed by atoms with Crippen LogP contribution in [-0.4, -0.2) is 45.4 Å². The van der Waals surface area contributed by atoms with Crippen molar-refractivity contribution in [1.82, 2.24) is 19.3 Å². The number of aromatic nitrogens is 3. The van der Waals surface area contributed by atoms with E-state index in [0.29, 0.717) is 0 Å². The Bertz CT molecular complexity index is 947. The number of benzene rings is 1. The molecule has 5 nitrogen and oxygen atoms in total. The fourth-order valence-corrected chi connectivity index (χ4v) is 4.40. The Kier molecular flexibility index (Phi) is 3.64. The van der Waals surface area contributed by atoms with Gasteiger partial charge in [-0.3, -0.25) is 4.90 Å². The van der Waals surface area contributed by atoms with Crippen molar-refractivity contribution in [1.29, 1.82) is 0 Å². The molecule has 126 valence electrons. The molecule has 1 aromatic carbocycles. The van der Waals surface area contributed by atoms with Crippen LogP contribution in [0.5, 0.6) is 0 Å². The van der Waals surface area contributed by atoms with E-state index in [1.54, 1.807) is 11.3 Å². The van der Waals surface area contributed by atoms with Crippen molar-refractivity contribution in [3.63, 3.8) is 0 Å². The second-order valence-corrected chi connectivity index (χ2v) is 7.43. The van der Waals surface area contributed by atoms with Gasteiger partial charge in [-0.1, -0.05) is 29.5 Å². The van der Waals surface area contributed by atoms with Crippen LogP contribution in [0.15, 0.2) is 54.9 Å². The van der Waals surface area contributed by atoms with Gasteiger partial charge < -0.3 is 9.30 Å². The van der Waals surface area contributed by atoms with E-state index >= 15 is 0 Å². The second kappa shape index (κ2) is 6.13. The third-order valence-corrected chi connectivity index (χ3v) is 5.82. The lowest BCUT2D eigenvalue weighted by Gasteiger charge is -2.34. The van der Waals surface area contributed by atoms with Crippen LogP contribution in [0.2, 0.25) is 0 Å². The highest BCUT2D eigenvalue weighted by molar-refractivity contribution is 7.22. The second-order valence-electron chi connectivity index (χ2n) is 6.43. The van der Waals surface area contributed by atoms with Gasteiger partial charge in [-0.2, -0.15) is 0 Å². The minimum absolute atomic E-state index is 0.912. The first-order chi connectivity index (χ1) is 12.3. The highest BCUT2D eigenvalue weighted by Gasteiger charge is 2.20. The van der Waals surface area contributed by atoms with Crippen molar-refractivity contribution in [2.75, 3.05) is 31.1 Å². The lowest BCUT2D eigenvalue weighted by atomic mass is 10.3. The Balaban J connectivity index is 1.26. The molecule has 6 heteroatoms. The number of fused-ring (bicyclic) bond motifs is 2. The Morgan fingerprint density at radius 1 is 0.920 bits per heavy atom. The summed E-state index contributed by atoms with van der Waals surface area (Å²) in [6.07, 6.45) is 4.19. The standard InChI is InChI=1S/C19H19N5S/c1-2-6-17-16(5-1)21-19(25-17)23-11-9-22(10-12-23)13-15-14-24-8-4-3-7-18(24)20-15/h1-8,14H,9-13H2. The minimum Gasteiger partial charge on any atom is -0.345 e.